The van der Waals surface area contributed by atoms with Gasteiger partial charge in [0.1, 0.15) is 0 Å². The van der Waals surface area contributed by atoms with Crippen molar-refractivity contribution in [1.29, 1.82) is 0 Å². The molecule has 4 nitrogen and oxygen atoms in total. The molecule has 0 saturated carbocycles. The molecule has 1 atom stereocenters. The molecule has 20 heavy (non-hydrogen) atoms. The third-order valence-corrected chi connectivity index (χ3v) is 4.02. The Bertz CT molecular complexity index is 460. The van der Waals surface area contributed by atoms with E-state index in [4.69, 9.17) is 15.2 Å². The number of nitrogens with two attached hydrogens (primary N) is 1. The highest BCUT2D eigenvalue weighted by Crippen LogP contribution is 2.35. The van der Waals surface area contributed by atoms with Crippen LogP contribution in [-0.4, -0.2) is 31.3 Å². The third kappa shape index (κ3) is 3.25. The average Bonchev–Trinajstić information content (AvgIpc) is 2.91. The second-order valence-corrected chi connectivity index (χ2v) is 6.22. The van der Waals surface area contributed by atoms with Crippen molar-refractivity contribution in [3.8, 4) is 11.5 Å². The van der Waals surface area contributed by atoms with Crippen LogP contribution in [0.2, 0.25) is 0 Å². The lowest BCUT2D eigenvalue weighted by molar-refractivity contribution is 0.147. The molecule has 2 rings (SSSR count). The lowest BCUT2D eigenvalue weighted by Gasteiger charge is -2.35. The highest BCUT2D eigenvalue weighted by Gasteiger charge is 2.24. The van der Waals surface area contributed by atoms with Gasteiger partial charge in [0.25, 0.3) is 0 Å². The predicted molar refractivity (Wildman–Crippen MR) is 81.1 cm³/mol. The van der Waals surface area contributed by atoms with Gasteiger partial charge in [-0.2, -0.15) is 0 Å². The molecule has 0 saturated heterocycles. The molecule has 0 aliphatic carbocycles. The van der Waals surface area contributed by atoms with Gasteiger partial charge in [-0.05, 0) is 43.1 Å². The highest BCUT2D eigenvalue weighted by molar-refractivity contribution is 5.45. The number of nitrogens with zero attached hydrogens (tertiary/aromatic N) is 1. The summed E-state index contributed by atoms with van der Waals surface area (Å²) >= 11 is 0. The fraction of sp³-hybridized carbons (Fsp3) is 0.625. The van der Waals surface area contributed by atoms with Crippen LogP contribution in [0.1, 0.15) is 39.3 Å². The van der Waals surface area contributed by atoms with Gasteiger partial charge in [0.2, 0.25) is 6.79 Å². The van der Waals surface area contributed by atoms with Crippen LogP contribution in [0.15, 0.2) is 18.2 Å². The van der Waals surface area contributed by atoms with E-state index in [0.717, 1.165) is 24.6 Å². The van der Waals surface area contributed by atoms with E-state index in [1.54, 1.807) is 0 Å². The van der Waals surface area contributed by atoms with E-state index < -0.39 is 0 Å². The Morgan fingerprint density at radius 3 is 2.65 bits per heavy atom. The molecule has 0 bridgehead atoms. The van der Waals surface area contributed by atoms with Gasteiger partial charge < -0.3 is 15.2 Å². The lowest BCUT2D eigenvalue weighted by Crippen LogP contribution is -2.39. The first kappa shape index (κ1) is 15.1. The molecule has 2 N–H and O–H groups in total. The maximum atomic E-state index is 5.86. The fourth-order valence-corrected chi connectivity index (χ4v) is 2.52. The standard InChI is InChI=1S/C16H26N2O2/c1-5-18(10-16(3,4)9-17)12(2)13-6-7-14-15(8-13)20-11-19-14/h6-8,12H,5,9-11,17H2,1-4H3. The van der Waals surface area contributed by atoms with Crippen molar-refractivity contribution in [1.82, 2.24) is 4.90 Å². The van der Waals surface area contributed by atoms with Crippen LogP contribution < -0.4 is 15.2 Å². The van der Waals surface area contributed by atoms with Gasteiger partial charge in [0.05, 0.1) is 0 Å². The van der Waals surface area contributed by atoms with Crippen molar-refractivity contribution in [2.75, 3.05) is 26.4 Å². The first-order valence-corrected chi connectivity index (χ1v) is 7.30. The van der Waals surface area contributed by atoms with Gasteiger partial charge in [-0.3, -0.25) is 4.90 Å². The van der Waals surface area contributed by atoms with Crippen LogP contribution in [0.4, 0.5) is 0 Å². The van der Waals surface area contributed by atoms with Gasteiger partial charge in [0, 0.05) is 12.6 Å². The van der Waals surface area contributed by atoms with Crippen LogP contribution in [0.25, 0.3) is 0 Å². The van der Waals surface area contributed by atoms with E-state index in [-0.39, 0.29) is 5.41 Å². The Kier molecular flexibility index (Phi) is 4.55. The molecule has 0 amide bonds. The quantitative estimate of drug-likeness (QED) is 0.869. The summed E-state index contributed by atoms with van der Waals surface area (Å²) in [4.78, 5) is 2.45. The first-order valence-electron chi connectivity index (χ1n) is 7.30. The molecular formula is C16H26N2O2. The van der Waals surface area contributed by atoms with Crippen molar-refractivity contribution in [2.45, 2.75) is 33.7 Å². The minimum atomic E-state index is 0.126. The van der Waals surface area contributed by atoms with Gasteiger partial charge >= 0.3 is 0 Å². The smallest absolute Gasteiger partial charge is 0.231 e. The van der Waals surface area contributed by atoms with Crippen molar-refractivity contribution in [2.24, 2.45) is 11.1 Å². The molecule has 1 aromatic carbocycles. The minimum absolute atomic E-state index is 0.126. The van der Waals surface area contributed by atoms with Crippen molar-refractivity contribution in [3.63, 3.8) is 0 Å². The summed E-state index contributed by atoms with van der Waals surface area (Å²) in [6.07, 6.45) is 0. The maximum Gasteiger partial charge on any atom is 0.231 e. The number of hydrogen-bond acceptors (Lipinski definition) is 4. The zero-order valence-electron chi connectivity index (χ0n) is 13.0. The second-order valence-electron chi connectivity index (χ2n) is 6.22. The van der Waals surface area contributed by atoms with Crippen molar-refractivity contribution < 1.29 is 9.47 Å². The average molecular weight is 278 g/mol. The number of ether oxygens (including phenoxy) is 2. The molecule has 0 fully saturated rings. The van der Waals surface area contributed by atoms with Crippen molar-refractivity contribution >= 4 is 0 Å². The molecule has 0 spiro atoms. The van der Waals surface area contributed by atoms with Gasteiger partial charge in [-0.15, -0.1) is 0 Å². The Morgan fingerprint density at radius 2 is 2.00 bits per heavy atom. The molecule has 1 heterocycles. The summed E-state index contributed by atoms with van der Waals surface area (Å²) in [5.74, 6) is 1.69. The molecule has 1 unspecified atom stereocenters. The molecule has 0 radical (unpaired) electrons. The van der Waals surface area contributed by atoms with E-state index in [0.29, 0.717) is 19.4 Å². The summed E-state index contributed by atoms with van der Waals surface area (Å²) in [5, 5.41) is 0. The largest absolute Gasteiger partial charge is 0.454 e. The minimum Gasteiger partial charge on any atom is -0.454 e. The topological polar surface area (TPSA) is 47.7 Å². The van der Waals surface area contributed by atoms with Crippen LogP contribution in [0.5, 0.6) is 11.5 Å². The zero-order chi connectivity index (χ0) is 14.8. The molecule has 1 aliphatic rings. The van der Waals surface area contributed by atoms with Crippen LogP contribution in [0.3, 0.4) is 0 Å². The molecular weight excluding hydrogens is 252 g/mol. The molecule has 0 aromatic heterocycles. The molecule has 112 valence electrons. The van der Waals surface area contributed by atoms with E-state index in [2.05, 4.69) is 44.7 Å². The van der Waals surface area contributed by atoms with Crippen molar-refractivity contribution in [3.05, 3.63) is 23.8 Å². The third-order valence-electron chi connectivity index (χ3n) is 4.02. The Balaban J connectivity index is 2.14. The molecule has 4 heteroatoms. The fourth-order valence-electron chi connectivity index (χ4n) is 2.52. The lowest BCUT2D eigenvalue weighted by atomic mass is 9.92. The van der Waals surface area contributed by atoms with E-state index >= 15 is 0 Å². The Morgan fingerprint density at radius 1 is 1.30 bits per heavy atom. The first-order chi connectivity index (χ1) is 9.46. The Labute approximate surface area is 121 Å². The van der Waals surface area contributed by atoms with Crippen LogP contribution >= 0.6 is 0 Å². The number of hydrogen-bond donors (Lipinski definition) is 1. The van der Waals surface area contributed by atoms with Gasteiger partial charge in [-0.25, -0.2) is 0 Å². The SMILES string of the molecule is CCN(CC(C)(C)CN)C(C)c1ccc2c(c1)OCO2. The molecule has 1 aromatic rings. The van der Waals surface area contributed by atoms with E-state index in [1.165, 1.54) is 5.56 Å². The number of benzene rings is 1. The number of fused-ring (bicyclic) bond motifs is 1. The normalized spacial score (nSPS) is 15.7. The summed E-state index contributed by atoms with van der Waals surface area (Å²) < 4.78 is 10.8. The highest BCUT2D eigenvalue weighted by atomic mass is 16.7. The Hall–Kier alpha value is -1.26. The van der Waals surface area contributed by atoms with Gasteiger partial charge in [0.15, 0.2) is 11.5 Å². The predicted octanol–water partition coefficient (Wildman–Crippen LogP) is 2.78. The summed E-state index contributed by atoms with van der Waals surface area (Å²) in [6, 6.07) is 6.54. The second kappa shape index (κ2) is 6.02. The zero-order valence-corrected chi connectivity index (χ0v) is 13.0. The number of rotatable bonds is 6. The molecule has 1 aliphatic heterocycles. The van der Waals surface area contributed by atoms with Crippen LogP contribution in [-0.2, 0) is 0 Å². The van der Waals surface area contributed by atoms with Gasteiger partial charge in [-0.1, -0.05) is 26.8 Å². The summed E-state index contributed by atoms with van der Waals surface area (Å²) in [6.45, 7) is 11.8. The van der Waals surface area contributed by atoms with E-state index in [9.17, 15) is 0 Å². The monoisotopic (exact) mass is 278 g/mol. The van der Waals surface area contributed by atoms with E-state index in [1.807, 2.05) is 6.07 Å². The van der Waals surface area contributed by atoms with Crippen LogP contribution in [0, 0.1) is 5.41 Å². The summed E-state index contributed by atoms with van der Waals surface area (Å²) in [5.41, 5.74) is 7.24. The maximum absolute atomic E-state index is 5.86. The summed E-state index contributed by atoms with van der Waals surface area (Å²) in [7, 11) is 0.